The molecule has 258 valence electrons. The lowest BCUT2D eigenvalue weighted by molar-refractivity contribution is 0.669. The molecule has 0 bridgehead atoms. The molecule has 0 atom stereocenters. The molecule has 0 saturated carbocycles. The van der Waals surface area contributed by atoms with E-state index in [0.717, 1.165) is 61.4 Å². The quantitative estimate of drug-likeness (QED) is 0.172. The summed E-state index contributed by atoms with van der Waals surface area (Å²) in [6, 6.07) is 74.1. The molecule has 0 aliphatic heterocycles. The Bertz CT molecular complexity index is 3190. The van der Waals surface area contributed by atoms with Gasteiger partial charge in [-0.05, 0) is 100 Å². The van der Waals surface area contributed by atoms with E-state index in [1.165, 1.54) is 38.1 Å². The van der Waals surface area contributed by atoms with Gasteiger partial charge in [0, 0.05) is 44.2 Å². The van der Waals surface area contributed by atoms with Crippen LogP contribution in [0.2, 0.25) is 0 Å². The van der Waals surface area contributed by atoms with Crippen LogP contribution >= 0.6 is 0 Å². The summed E-state index contributed by atoms with van der Waals surface area (Å²) in [7, 11) is 0. The van der Waals surface area contributed by atoms with Gasteiger partial charge in [-0.1, -0.05) is 133 Å². The van der Waals surface area contributed by atoms with Crippen LogP contribution in [-0.2, 0) is 0 Å². The monoisotopic (exact) mass is 702 g/mol. The first-order valence-electron chi connectivity index (χ1n) is 18.8. The summed E-state index contributed by atoms with van der Waals surface area (Å²) in [6.07, 6.45) is 0. The summed E-state index contributed by atoms with van der Waals surface area (Å²) in [5, 5.41) is 7.21. The normalized spacial score (nSPS) is 11.6. The van der Waals surface area contributed by atoms with E-state index in [1.807, 2.05) is 12.1 Å². The molecular formula is C52H34N2O. The van der Waals surface area contributed by atoms with E-state index in [9.17, 15) is 0 Å². The van der Waals surface area contributed by atoms with Crippen LogP contribution in [0.1, 0.15) is 0 Å². The zero-order valence-corrected chi connectivity index (χ0v) is 29.9. The Kier molecular flexibility index (Phi) is 7.17. The van der Waals surface area contributed by atoms with Crippen molar-refractivity contribution in [3.63, 3.8) is 0 Å². The molecule has 3 nitrogen and oxygen atoms in total. The Morgan fingerprint density at radius 1 is 0.364 bits per heavy atom. The van der Waals surface area contributed by atoms with Crippen LogP contribution in [-0.4, -0.2) is 4.57 Å². The largest absolute Gasteiger partial charge is 0.456 e. The van der Waals surface area contributed by atoms with Gasteiger partial charge in [0.05, 0.1) is 16.7 Å². The van der Waals surface area contributed by atoms with Crippen molar-refractivity contribution < 1.29 is 4.42 Å². The molecule has 3 heteroatoms. The molecule has 0 saturated heterocycles. The van der Waals surface area contributed by atoms with Crippen molar-refractivity contribution in [3.05, 3.63) is 206 Å². The average Bonchev–Trinajstić information content (AvgIpc) is 3.80. The van der Waals surface area contributed by atoms with Gasteiger partial charge in [0.25, 0.3) is 0 Å². The van der Waals surface area contributed by atoms with Crippen LogP contribution in [0.25, 0.3) is 82.5 Å². The lowest BCUT2D eigenvalue weighted by Gasteiger charge is -2.29. The fourth-order valence-electron chi connectivity index (χ4n) is 8.40. The summed E-state index contributed by atoms with van der Waals surface area (Å²) in [5.74, 6) is 0. The first-order chi connectivity index (χ1) is 27.3. The van der Waals surface area contributed by atoms with E-state index >= 15 is 0 Å². The van der Waals surface area contributed by atoms with Crippen molar-refractivity contribution >= 4 is 71.6 Å². The van der Waals surface area contributed by atoms with Gasteiger partial charge in [-0.2, -0.15) is 0 Å². The Morgan fingerprint density at radius 3 is 1.82 bits per heavy atom. The minimum atomic E-state index is 0.890. The maximum Gasteiger partial charge on any atom is 0.136 e. The SMILES string of the molecule is c1cc(-c2ccc3c(c2)oc2ccccc23)cc(N(c2cccc(-n3c4ccccc4c4ccccc43)c2)c2ccccc2-c2ccc3ccccc3c2)c1. The minimum absolute atomic E-state index is 0.890. The topological polar surface area (TPSA) is 21.3 Å². The lowest BCUT2D eigenvalue weighted by atomic mass is 9.98. The Morgan fingerprint density at radius 2 is 0.982 bits per heavy atom. The van der Waals surface area contributed by atoms with Gasteiger partial charge < -0.3 is 13.9 Å². The number of nitrogens with zero attached hydrogens (tertiary/aromatic N) is 2. The van der Waals surface area contributed by atoms with Crippen LogP contribution in [0.4, 0.5) is 17.1 Å². The number of benzene rings is 9. The molecule has 9 aromatic carbocycles. The number of rotatable bonds is 6. The number of para-hydroxylation sites is 4. The van der Waals surface area contributed by atoms with Gasteiger partial charge >= 0.3 is 0 Å². The maximum atomic E-state index is 6.32. The second-order valence-electron chi connectivity index (χ2n) is 14.2. The molecule has 0 amide bonds. The number of fused-ring (bicyclic) bond motifs is 7. The second-order valence-corrected chi connectivity index (χ2v) is 14.2. The third kappa shape index (κ3) is 5.20. The fourth-order valence-corrected chi connectivity index (χ4v) is 8.40. The predicted molar refractivity (Wildman–Crippen MR) is 231 cm³/mol. The van der Waals surface area contributed by atoms with E-state index in [-0.39, 0.29) is 0 Å². The molecular weight excluding hydrogens is 669 g/mol. The van der Waals surface area contributed by atoms with E-state index in [1.54, 1.807) is 0 Å². The average molecular weight is 703 g/mol. The van der Waals surface area contributed by atoms with Crippen molar-refractivity contribution in [1.29, 1.82) is 0 Å². The molecule has 0 radical (unpaired) electrons. The van der Waals surface area contributed by atoms with Gasteiger partial charge in [-0.25, -0.2) is 0 Å². The number of hydrogen-bond donors (Lipinski definition) is 0. The predicted octanol–water partition coefficient (Wildman–Crippen LogP) is 14.6. The molecule has 0 aliphatic carbocycles. The van der Waals surface area contributed by atoms with E-state index in [2.05, 4.69) is 204 Å². The first kappa shape index (κ1) is 31.2. The highest BCUT2D eigenvalue weighted by Gasteiger charge is 2.20. The van der Waals surface area contributed by atoms with Crippen molar-refractivity contribution in [1.82, 2.24) is 4.57 Å². The third-order valence-electron chi connectivity index (χ3n) is 10.9. The van der Waals surface area contributed by atoms with Crippen molar-refractivity contribution in [3.8, 4) is 27.9 Å². The van der Waals surface area contributed by atoms with Gasteiger partial charge in [0.2, 0.25) is 0 Å². The van der Waals surface area contributed by atoms with Crippen LogP contribution in [0.15, 0.2) is 211 Å². The van der Waals surface area contributed by atoms with Gasteiger partial charge in [0.15, 0.2) is 0 Å². The summed E-state index contributed by atoms with van der Waals surface area (Å²) in [5.41, 5.74) is 13.1. The minimum Gasteiger partial charge on any atom is -0.456 e. The zero-order valence-electron chi connectivity index (χ0n) is 29.9. The molecule has 11 rings (SSSR count). The number of aromatic nitrogens is 1. The summed E-state index contributed by atoms with van der Waals surface area (Å²) >= 11 is 0. The second kappa shape index (κ2) is 12.6. The van der Waals surface area contributed by atoms with Crippen LogP contribution in [0, 0.1) is 0 Å². The van der Waals surface area contributed by atoms with Crippen LogP contribution < -0.4 is 4.90 Å². The van der Waals surface area contributed by atoms with Crippen LogP contribution in [0.5, 0.6) is 0 Å². The van der Waals surface area contributed by atoms with Gasteiger partial charge in [-0.15, -0.1) is 0 Å². The van der Waals surface area contributed by atoms with Crippen molar-refractivity contribution in [2.24, 2.45) is 0 Å². The van der Waals surface area contributed by atoms with Gasteiger partial charge in [-0.3, -0.25) is 0 Å². The summed E-state index contributed by atoms with van der Waals surface area (Å²) in [4.78, 5) is 2.41. The Labute approximate surface area is 318 Å². The maximum absolute atomic E-state index is 6.32. The molecule has 0 aliphatic rings. The standard InChI is InChI=1S/C52H34N2O/c1-2-14-36-31-39(28-27-35(36)13-1)43-19-3-7-23-48(43)53(40-16-11-15-37(32-40)38-29-30-47-46-22-6-10-26-51(46)55-52(47)33-38)41-17-12-18-42(34-41)54-49-24-8-4-20-44(49)45-21-5-9-25-50(45)54/h1-34H. The van der Waals surface area contributed by atoms with E-state index in [0.29, 0.717) is 0 Å². The van der Waals surface area contributed by atoms with Crippen molar-refractivity contribution in [2.45, 2.75) is 0 Å². The highest BCUT2D eigenvalue weighted by atomic mass is 16.3. The molecule has 0 N–H and O–H groups in total. The zero-order chi connectivity index (χ0) is 36.3. The highest BCUT2D eigenvalue weighted by molar-refractivity contribution is 6.09. The van der Waals surface area contributed by atoms with Crippen LogP contribution in [0.3, 0.4) is 0 Å². The first-order valence-corrected chi connectivity index (χ1v) is 18.8. The Hall–Kier alpha value is -7.36. The molecule has 0 spiro atoms. The number of furan rings is 1. The third-order valence-corrected chi connectivity index (χ3v) is 10.9. The molecule has 55 heavy (non-hydrogen) atoms. The van der Waals surface area contributed by atoms with Gasteiger partial charge in [0.1, 0.15) is 11.2 Å². The molecule has 0 unspecified atom stereocenters. The molecule has 0 fully saturated rings. The smallest absolute Gasteiger partial charge is 0.136 e. The van der Waals surface area contributed by atoms with Crippen molar-refractivity contribution in [2.75, 3.05) is 4.90 Å². The molecule has 2 heterocycles. The fraction of sp³-hybridized carbons (Fsp3) is 0. The Balaban J connectivity index is 1.12. The summed E-state index contributed by atoms with van der Waals surface area (Å²) < 4.78 is 8.71. The van der Waals surface area contributed by atoms with E-state index in [4.69, 9.17) is 4.42 Å². The highest BCUT2D eigenvalue weighted by Crippen LogP contribution is 2.44. The van der Waals surface area contributed by atoms with E-state index < -0.39 is 0 Å². The summed E-state index contributed by atoms with van der Waals surface area (Å²) in [6.45, 7) is 0. The number of hydrogen-bond acceptors (Lipinski definition) is 2. The lowest BCUT2D eigenvalue weighted by Crippen LogP contribution is -2.12. The molecule has 2 aromatic heterocycles. The molecule has 11 aromatic rings. The number of anilines is 3.